The largest absolute Gasteiger partial charge is 0.350 e. The summed E-state index contributed by atoms with van der Waals surface area (Å²) in [5, 5.41) is 7.38. The first kappa shape index (κ1) is 23.5. The second-order valence-electron chi connectivity index (χ2n) is 9.78. The molecular formula is C25H31N5O5. The molecule has 3 aliphatic heterocycles. The summed E-state index contributed by atoms with van der Waals surface area (Å²) in [6.07, 6.45) is 1.21. The number of piperidine rings is 1. The van der Waals surface area contributed by atoms with E-state index in [2.05, 4.69) is 10.4 Å². The van der Waals surface area contributed by atoms with Crippen molar-refractivity contribution in [3.05, 3.63) is 52.8 Å². The van der Waals surface area contributed by atoms with Gasteiger partial charge in [0.1, 0.15) is 11.2 Å². The first-order valence-electron chi connectivity index (χ1n) is 12.0. The number of carbonyl (C=O) groups excluding carboxylic acids is 3. The quantitative estimate of drug-likeness (QED) is 0.706. The normalized spacial score (nSPS) is 23.5. The Labute approximate surface area is 204 Å². The molecule has 2 aromatic rings. The van der Waals surface area contributed by atoms with Crippen LogP contribution < -0.4 is 5.32 Å². The smallest absolute Gasteiger partial charge is 0.274 e. The van der Waals surface area contributed by atoms with E-state index >= 15 is 0 Å². The van der Waals surface area contributed by atoms with Crippen LogP contribution in [0, 0.1) is 6.92 Å². The maximum absolute atomic E-state index is 13.2. The van der Waals surface area contributed by atoms with Crippen LogP contribution in [0.1, 0.15) is 51.9 Å². The number of aryl methyl sites for hydroxylation is 1. The number of amides is 3. The van der Waals surface area contributed by atoms with E-state index in [9.17, 15) is 14.4 Å². The topological polar surface area (TPSA) is 106 Å². The molecule has 0 bridgehead atoms. The molecule has 186 valence electrons. The second kappa shape index (κ2) is 8.76. The Morgan fingerprint density at radius 1 is 1.11 bits per heavy atom. The molecule has 35 heavy (non-hydrogen) atoms. The highest BCUT2D eigenvalue weighted by atomic mass is 16.7. The fourth-order valence-electron chi connectivity index (χ4n) is 4.91. The third-order valence-electron chi connectivity index (χ3n) is 7.41. The molecule has 0 saturated carbocycles. The van der Waals surface area contributed by atoms with E-state index in [4.69, 9.17) is 9.47 Å². The van der Waals surface area contributed by atoms with Crippen molar-refractivity contribution in [1.82, 2.24) is 24.9 Å². The number of hydrogen-bond donors (Lipinski definition) is 1. The van der Waals surface area contributed by atoms with Crippen LogP contribution in [0.15, 0.2) is 30.3 Å². The van der Waals surface area contributed by atoms with Crippen molar-refractivity contribution in [2.75, 3.05) is 33.4 Å². The van der Waals surface area contributed by atoms with E-state index in [0.29, 0.717) is 51.4 Å². The van der Waals surface area contributed by atoms with E-state index in [0.717, 1.165) is 11.1 Å². The van der Waals surface area contributed by atoms with Crippen molar-refractivity contribution >= 4 is 17.7 Å². The summed E-state index contributed by atoms with van der Waals surface area (Å²) < 4.78 is 13.0. The predicted octanol–water partition coefficient (Wildman–Crippen LogP) is 1.33. The van der Waals surface area contributed by atoms with Gasteiger partial charge in [-0.1, -0.05) is 29.8 Å². The third-order valence-corrected chi connectivity index (χ3v) is 7.41. The van der Waals surface area contributed by atoms with Gasteiger partial charge in [-0.3, -0.25) is 19.1 Å². The van der Waals surface area contributed by atoms with Crippen LogP contribution in [0.3, 0.4) is 0 Å². The summed E-state index contributed by atoms with van der Waals surface area (Å²) in [5.74, 6) is -1.43. The molecule has 1 spiro atoms. The van der Waals surface area contributed by atoms with Gasteiger partial charge in [0.05, 0.1) is 19.8 Å². The summed E-state index contributed by atoms with van der Waals surface area (Å²) >= 11 is 0. The number of likely N-dealkylation sites (tertiary alicyclic amines) is 1. The molecule has 1 aromatic heterocycles. The fourth-order valence-corrected chi connectivity index (χ4v) is 4.91. The summed E-state index contributed by atoms with van der Waals surface area (Å²) in [4.78, 5) is 42.6. The van der Waals surface area contributed by atoms with Gasteiger partial charge in [-0.05, 0) is 19.4 Å². The standard InChI is InChI=1S/C25H31N5O5/c1-17-4-6-18(7-5-17)15-26-23(33)24(2)16-30-20(22(32)28(24)3)14-19(27-30)21(31)29-10-8-25(9-11-29)34-12-13-35-25/h4-7,14H,8-13,15-16H2,1-3H3,(H,26,33)/t24-/m0/s1. The molecule has 10 nitrogen and oxygen atoms in total. The first-order valence-corrected chi connectivity index (χ1v) is 12.0. The molecule has 0 unspecified atom stereocenters. The molecule has 2 saturated heterocycles. The average molecular weight is 482 g/mol. The molecule has 1 atom stereocenters. The Bertz CT molecular complexity index is 1140. The summed E-state index contributed by atoms with van der Waals surface area (Å²) in [6.45, 7) is 6.38. The minimum Gasteiger partial charge on any atom is -0.350 e. The van der Waals surface area contributed by atoms with Crippen molar-refractivity contribution in [2.45, 2.75) is 51.1 Å². The van der Waals surface area contributed by atoms with Crippen molar-refractivity contribution in [2.24, 2.45) is 0 Å². The highest BCUT2D eigenvalue weighted by molar-refractivity contribution is 6.01. The summed E-state index contributed by atoms with van der Waals surface area (Å²) in [6, 6.07) is 9.43. The van der Waals surface area contributed by atoms with Gasteiger partial charge in [0.15, 0.2) is 11.5 Å². The van der Waals surface area contributed by atoms with Crippen LogP contribution in [0.5, 0.6) is 0 Å². The van der Waals surface area contributed by atoms with Crippen molar-refractivity contribution in [3.63, 3.8) is 0 Å². The minimum atomic E-state index is -1.14. The van der Waals surface area contributed by atoms with Gasteiger partial charge in [-0.2, -0.15) is 5.10 Å². The lowest BCUT2D eigenvalue weighted by atomic mass is 9.95. The molecule has 0 radical (unpaired) electrons. The lowest BCUT2D eigenvalue weighted by Crippen LogP contribution is -2.62. The number of aromatic nitrogens is 2. The SMILES string of the molecule is Cc1ccc(CNC(=O)[C@]2(C)Cn3nc(C(=O)N4CCC5(CC4)OCCO5)cc3C(=O)N2C)cc1. The van der Waals surface area contributed by atoms with Crippen LogP contribution in [-0.2, 0) is 27.4 Å². The van der Waals surface area contributed by atoms with E-state index < -0.39 is 11.3 Å². The number of fused-ring (bicyclic) bond motifs is 1. The number of hydrogen-bond acceptors (Lipinski definition) is 6. The molecule has 3 amide bonds. The maximum atomic E-state index is 13.2. The molecule has 1 aromatic carbocycles. The Balaban J connectivity index is 1.28. The van der Waals surface area contributed by atoms with Gasteiger partial charge in [-0.25, -0.2) is 0 Å². The van der Waals surface area contributed by atoms with Gasteiger partial charge in [0.2, 0.25) is 5.91 Å². The Hall–Kier alpha value is -3.24. The van der Waals surface area contributed by atoms with Crippen molar-refractivity contribution in [3.8, 4) is 0 Å². The Kier molecular flexibility index (Phi) is 5.88. The number of likely N-dealkylation sites (N-methyl/N-ethyl adjacent to an activating group) is 1. The number of nitrogens with one attached hydrogen (secondary N) is 1. The Morgan fingerprint density at radius 2 is 1.77 bits per heavy atom. The molecule has 5 rings (SSSR count). The molecule has 0 aliphatic carbocycles. The average Bonchev–Trinajstić information content (AvgIpc) is 3.49. The zero-order valence-corrected chi connectivity index (χ0v) is 20.4. The summed E-state index contributed by atoms with van der Waals surface area (Å²) in [7, 11) is 1.61. The second-order valence-corrected chi connectivity index (χ2v) is 9.78. The molecule has 1 N–H and O–H groups in total. The number of carbonyl (C=O) groups is 3. The van der Waals surface area contributed by atoms with Gasteiger partial charge < -0.3 is 24.6 Å². The van der Waals surface area contributed by atoms with Crippen molar-refractivity contribution in [1.29, 1.82) is 0 Å². The van der Waals surface area contributed by atoms with Gasteiger partial charge >= 0.3 is 0 Å². The molecule has 2 fully saturated rings. The number of rotatable bonds is 4. The zero-order chi connectivity index (χ0) is 24.8. The third kappa shape index (κ3) is 4.21. The van der Waals surface area contributed by atoms with Crippen LogP contribution >= 0.6 is 0 Å². The predicted molar refractivity (Wildman–Crippen MR) is 126 cm³/mol. The maximum Gasteiger partial charge on any atom is 0.274 e. The van der Waals surface area contributed by atoms with E-state index in [-0.39, 0.29) is 30.0 Å². The number of nitrogens with zero attached hydrogens (tertiary/aromatic N) is 4. The van der Waals surface area contributed by atoms with Gasteiger partial charge in [0, 0.05) is 45.6 Å². The molecule has 4 heterocycles. The number of benzene rings is 1. The zero-order valence-electron chi connectivity index (χ0n) is 20.4. The van der Waals surface area contributed by atoms with Crippen LogP contribution in [-0.4, -0.2) is 82.0 Å². The molecule has 10 heteroatoms. The lowest BCUT2D eigenvalue weighted by Gasteiger charge is -2.40. The highest BCUT2D eigenvalue weighted by Gasteiger charge is 2.47. The van der Waals surface area contributed by atoms with Crippen LogP contribution in [0.2, 0.25) is 0 Å². The monoisotopic (exact) mass is 481 g/mol. The van der Waals surface area contributed by atoms with E-state index in [1.54, 1.807) is 18.9 Å². The van der Waals surface area contributed by atoms with Gasteiger partial charge in [-0.15, -0.1) is 0 Å². The molecule has 3 aliphatic rings. The number of ether oxygens (including phenoxy) is 2. The van der Waals surface area contributed by atoms with Gasteiger partial charge in [0.25, 0.3) is 11.8 Å². The van der Waals surface area contributed by atoms with E-state index in [1.807, 2.05) is 31.2 Å². The minimum absolute atomic E-state index is 0.155. The van der Waals surface area contributed by atoms with Crippen molar-refractivity contribution < 1.29 is 23.9 Å². The Morgan fingerprint density at radius 3 is 2.43 bits per heavy atom. The molecular weight excluding hydrogens is 450 g/mol. The van der Waals surface area contributed by atoms with Crippen LogP contribution in [0.25, 0.3) is 0 Å². The van der Waals surface area contributed by atoms with Crippen LogP contribution in [0.4, 0.5) is 0 Å². The highest BCUT2D eigenvalue weighted by Crippen LogP contribution is 2.32. The fraction of sp³-hybridized carbons (Fsp3) is 0.520. The van der Waals surface area contributed by atoms with E-state index in [1.165, 1.54) is 15.6 Å². The lowest BCUT2D eigenvalue weighted by molar-refractivity contribution is -0.181. The first-order chi connectivity index (χ1) is 16.7. The summed E-state index contributed by atoms with van der Waals surface area (Å²) in [5.41, 5.74) is 1.48.